The van der Waals surface area contributed by atoms with Crippen LogP contribution in [0.3, 0.4) is 0 Å². The third-order valence-corrected chi connectivity index (χ3v) is 3.52. The van der Waals surface area contributed by atoms with Crippen molar-refractivity contribution >= 4 is 16.9 Å². The molecule has 1 aromatic heterocycles. The van der Waals surface area contributed by atoms with E-state index < -0.39 is 11.6 Å². The SMILES string of the molecule is COC(=O)Cc1c(C)c2ccc(C)c(C)c2oc1=O. The van der Waals surface area contributed by atoms with Crippen LogP contribution in [0.1, 0.15) is 22.3 Å². The summed E-state index contributed by atoms with van der Waals surface area (Å²) in [6, 6.07) is 3.89. The van der Waals surface area contributed by atoms with Crippen molar-refractivity contribution in [3.8, 4) is 0 Å². The lowest BCUT2D eigenvalue weighted by Crippen LogP contribution is -2.16. The van der Waals surface area contributed by atoms with Crippen LogP contribution in [-0.2, 0) is 16.0 Å². The van der Waals surface area contributed by atoms with Gasteiger partial charge < -0.3 is 9.15 Å². The molecule has 0 spiro atoms. The Morgan fingerprint density at radius 3 is 2.53 bits per heavy atom. The zero-order chi connectivity index (χ0) is 14.2. The van der Waals surface area contributed by atoms with Crippen LogP contribution in [0.5, 0.6) is 0 Å². The molecule has 0 aliphatic carbocycles. The molecular weight excluding hydrogens is 244 g/mol. The summed E-state index contributed by atoms with van der Waals surface area (Å²) in [4.78, 5) is 23.3. The molecule has 0 saturated heterocycles. The molecule has 4 heteroatoms. The number of hydrogen-bond acceptors (Lipinski definition) is 4. The van der Waals surface area contributed by atoms with Gasteiger partial charge in [-0.2, -0.15) is 0 Å². The van der Waals surface area contributed by atoms with E-state index in [-0.39, 0.29) is 6.42 Å². The number of ether oxygens (including phenoxy) is 1. The zero-order valence-electron chi connectivity index (χ0n) is 11.5. The molecule has 0 radical (unpaired) electrons. The van der Waals surface area contributed by atoms with Gasteiger partial charge in [-0.15, -0.1) is 0 Å². The maximum absolute atomic E-state index is 12.0. The van der Waals surface area contributed by atoms with E-state index in [2.05, 4.69) is 4.74 Å². The van der Waals surface area contributed by atoms with Gasteiger partial charge >= 0.3 is 11.6 Å². The highest BCUT2D eigenvalue weighted by molar-refractivity contribution is 5.85. The minimum absolute atomic E-state index is 0.0620. The van der Waals surface area contributed by atoms with Crippen molar-refractivity contribution in [2.45, 2.75) is 27.2 Å². The number of aryl methyl sites for hydroxylation is 3. The van der Waals surface area contributed by atoms with E-state index in [9.17, 15) is 9.59 Å². The summed E-state index contributed by atoms with van der Waals surface area (Å²) in [6.07, 6.45) is -0.0620. The summed E-state index contributed by atoms with van der Waals surface area (Å²) in [7, 11) is 1.30. The quantitative estimate of drug-likeness (QED) is 0.614. The topological polar surface area (TPSA) is 56.5 Å². The van der Waals surface area contributed by atoms with E-state index in [1.54, 1.807) is 0 Å². The fourth-order valence-electron chi connectivity index (χ4n) is 2.11. The Morgan fingerprint density at radius 1 is 1.21 bits per heavy atom. The van der Waals surface area contributed by atoms with Crippen LogP contribution in [0.2, 0.25) is 0 Å². The van der Waals surface area contributed by atoms with Crippen molar-refractivity contribution in [3.05, 3.63) is 44.8 Å². The Morgan fingerprint density at radius 2 is 1.89 bits per heavy atom. The van der Waals surface area contributed by atoms with Gasteiger partial charge in [-0.3, -0.25) is 4.79 Å². The molecule has 19 heavy (non-hydrogen) atoms. The van der Waals surface area contributed by atoms with Gasteiger partial charge in [0.05, 0.1) is 19.1 Å². The van der Waals surface area contributed by atoms with Gasteiger partial charge in [0.25, 0.3) is 0 Å². The monoisotopic (exact) mass is 260 g/mol. The molecular formula is C15H16O4. The molecule has 0 aliphatic heterocycles. The van der Waals surface area contributed by atoms with Crippen LogP contribution in [0, 0.1) is 20.8 Å². The number of carbonyl (C=O) groups is 1. The first kappa shape index (κ1) is 13.3. The van der Waals surface area contributed by atoms with Gasteiger partial charge in [0.15, 0.2) is 0 Å². The third-order valence-electron chi connectivity index (χ3n) is 3.52. The minimum Gasteiger partial charge on any atom is -0.469 e. The molecule has 0 fully saturated rings. The molecule has 1 aromatic carbocycles. The van der Waals surface area contributed by atoms with Gasteiger partial charge in [-0.25, -0.2) is 4.79 Å². The average molecular weight is 260 g/mol. The van der Waals surface area contributed by atoms with E-state index in [1.807, 2.05) is 32.9 Å². The molecule has 2 aromatic rings. The minimum atomic E-state index is -0.468. The van der Waals surface area contributed by atoms with Crippen molar-refractivity contribution in [2.75, 3.05) is 7.11 Å². The lowest BCUT2D eigenvalue weighted by atomic mass is 9.99. The molecule has 0 unspecified atom stereocenters. The summed E-state index contributed by atoms with van der Waals surface area (Å²) in [5, 5.41) is 0.863. The second-order valence-corrected chi connectivity index (χ2v) is 4.63. The zero-order valence-corrected chi connectivity index (χ0v) is 11.5. The van der Waals surface area contributed by atoms with E-state index in [0.717, 1.165) is 22.1 Å². The maximum atomic E-state index is 12.0. The van der Waals surface area contributed by atoms with Gasteiger partial charge in [0.1, 0.15) is 5.58 Å². The first-order valence-electron chi connectivity index (χ1n) is 6.05. The largest absolute Gasteiger partial charge is 0.469 e. The fraction of sp³-hybridized carbons (Fsp3) is 0.333. The maximum Gasteiger partial charge on any atom is 0.340 e. The molecule has 1 heterocycles. The predicted molar refractivity (Wildman–Crippen MR) is 72.4 cm³/mol. The van der Waals surface area contributed by atoms with Crippen LogP contribution < -0.4 is 5.63 Å². The highest BCUT2D eigenvalue weighted by Crippen LogP contribution is 2.24. The Hall–Kier alpha value is -2.10. The lowest BCUT2D eigenvalue weighted by molar-refractivity contribution is -0.139. The fourth-order valence-corrected chi connectivity index (χ4v) is 2.11. The second-order valence-electron chi connectivity index (χ2n) is 4.63. The number of benzene rings is 1. The number of fused-ring (bicyclic) bond motifs is 1. The molecule has 100 valence electrons. The van der Waals surface area contributed by atoms with Gasteiger partial charge in [-0.05, 0) is 37.5 Å². The lowest BCUT2D eigenvalue weighted by Gasteiger charge is -2.09. The predicted octanol–water partition coefficient (Wildman–Crippen LogP) is 2.43. The summed E-state index contributed by atoms with van der Waals surface area (Å²) >= 11 is 0. The van der Waals surface area contributed by atoms with E-state index in [1.165, 1.54) is 7.11 Å². The first-order valence-corrected chi connectivity index (χ1v) is 6.05. The Kier molecular flexibility index (Phi) is 3.42. The molecule has 4 nitrogen and oxygen atoms in total. The average Bonchev–Trinajstić information content (AvgIpc) is 2.39. The standard InChI is InChI=1S/C15H16O4/c1-8-5-6-11-10(3)12(7-13(16)18-4)15(17)19-14(11)9(8)2/h5-6H,7H2,1-4H3. The second kappa shape index (κ2) is 4.88. The summed E-state index contributed by atoms with van der Waals surface area (Å²) < 4.78 is 9.97. The number of rotatable bonds is 2. The molecule has 0 aliphatic rings. The highest BCUT2D eigenvalue weighted by Gasteiger charge is 2.16. The molecule has 0 saturated carbocycles. The molecule has 0 atom stereocenters. The van der Waals surface area contributed by atoms with E-state index >= 15 is 0 Å². The van der Waals surface area contributed by atoms with Crippen molar-refractivity contribution in [3.63, 3.8) is 0 Å². The number of hydrogen-bond donors (Lipinski definition) is 0. The Balaban J connectivity index is 2.73. The van der Waals surface area contributed by atoms with Crippen molar-refractivity contribution in [2.24, 2.45) is 0 Å². The van der Waals surface area contributed by atoms with Crippen LogP contribution in [0.25, 0.3) is 11.0 Å². The smallest absolute Gasteiger partial charge is 0.340 e. The number of methoxy groups -OCH3 is 1. The highest BCUT2D eigenvalue weighted by atomic mass is 16.5. The van der Waals surface area contributed by atoms with E-state index in [4.69, 9.17) is 4.42 Å². The Labute approximate surface area is 111 Å². The normalized spacial score (nSPS) is 10.7. The van der Waals surface area contributed by atoms with Crippen LogP contribution >= 0.6 is 0 Å². The van der Waals surface area contributed by atoms with Crippen molar-refractivity contribution in [1.82, 2.24) is 0 Å². The summed E-state index contributed by atoms with van der Waals surface area (Å²) in [6.45, 7) is 5.71. The molecule has 0 bridgehead atoms. The summed E-state index contributed by atoms with van der Waals surface area (Å²) in [5.41, 5.74) is 3.28. The van der Waals surface area contributed by atoms with Crippen molar-refractivity contribution in [1.29, 1.82) is 0 Å². The van der Waals surface area contributed by atoms with E-state index in [0.29, 0.717) is 11.1 Å². The van der Waals surface area contributed by atoms with Crippen molar-refractivity contribution < 1.29 is 13.9 Å². The van der Waals surface area contributed by atoms with Gasteiger partial charge in [-0.1, -0.05) is 12.1 Å². The third kappa shape index (κ3) is 2.26. The van der Waals surface area contributed by atoms with Crippen LogP contribution in [0.4, 0.5) is 0 Å². The number of carbonyl (C=O) groups excluding carboxylic acids is 1. The van der Waals surface area contributed by atoms with Gasteiger partial charge in [0.2, 0.25) is 0 Å². The van der Waals surface area contributed by atoms with Gasteiger partial charge in [0, 0.05) is 5.39 Å². The van der Waals surface area contributed by atoms with Crippen LogP contribution in [0.15, 0.2) is 21.3 Å². The number of esters is 1. The Bertz CT molecular complexity index is 710. The first-order chi connectivity index (χ1) is 8.95. The molecule has 0 N–H and O–H groups in total. The van der Waals surface area contributed by atoms with Crippen LogP contribution in [-0.4, -0.2) is 13.1 Å². The molecule has 0 amide bonds. The summed E-state index contributed by atoms with van der Waals surface area (Å²) in [5.74, 6) is -0.446. The molecule has 2 rings (SSSR count).